The Kier molecular flexibility index (Phi) is 3.54. The number of aromatic carboxylic acids is 1. The van der Waals surface area contributed by atoms with Gasteiger partial charge in [0.1, 0.15) is 5.82 Å². The van der Waals surface area contributed by atoms with E-state index in [9.17, 15) is 9.18 Å². The third-order valence-electron chi connectivity index (χ3n) is 3.56. The summed E-state index contributed by atoms with van der Waals surface area (Å²) in [4.78, 5) is 14.5. The second-order valence-corrected chi connectivity index (χ2v) is 5.95. The molecule has 1 aromatic carbocycles. The molecule has 0 fully saturated rings. The number of rotatable bonds is 3. The van der Waals surface area contributed by atoms with Crippen molar-refractivity contribution in [3.8, 4) is 0 Å². The van der Waals surface area contributed by atoms with Crippen LogP contribution in [0.3, 0.4) is 0 Å². The zero-order valence-corrected chi connectivity index (χ0v) is 11.6. The van der Waals surface area contributed by atoms with Crippen LogP contribution in [-0.4, -0.2) is 22.5 Å². The van der Waals surface area contributed by atoms with Crippen LogP contribution < -0.4 is 0 Å². The minimum Gasteiger partial charge on any atom is -0.478 e. The van der Waals surface area contributed by atoms with Gasteiger partial charge in [0.25, 0.3) is 0 Å². The molecule has 20 heavy (non-hydrogen) atoms. The van der Waals surface area contributed by atoms with Crippen molar-refractivity contribution >= 4 is 17.3 Å². The fraction of sp³-hybridized carbons (Fsp3) is 0.267. The van der Waals surface area contributed by atoms with E-state index in [1.165, 1.54) is 22.6 Å². The molecule has 1 N–H and O–H groups in total. The Hall–Kier alpha value is -1.72. The highest BCUT2D eigenvalue weighted by Gasteiger charge is 2.18. The highest BCUT2D eigenvalue weighted by atomic mass is 32.1. The molecule has 0 unspecified atom stereocenters. The molecule has 0 amide bonds. The zero-order chi connectivity index (χ0) is 14.1. The number of thiophene rings is 1. The number of benzene rings is 1. The van der Waals surface area contributed by atoms with Gasteiger partial charge in [-0.3, -0.25) is 4.90 Å². The topological polar surface area (TPSA) is 40.5 Å². The van der Waals surface area contributed by atoms with E-state index in [1.807, 2.05) is 0 Å². The van der Waals surface area contributed by atoms with Crippen LogP contribution in [-0.2, 0) is 19.5 Å². The van der Waals surface area contributed by atoms with Crippen molar-refractivity contribution < 1.29 is 14.3 Å². The van der Waals surface area contributed by atoms with Gasteiger partial charge in [0.05, 0.1) is 5.56 Å². The number of hydrogen-bond acceptors (Lipinski definition) is 3. The number of halogens is 1. The van der Waals surface area contributed by atoms with Gasteiger partial charge in [-0.15, -0.1) is 11.3 Å². The Bertz CT molecular complexity index is 653. The predicted molar refractivity (Wildman–Crippen MR) is 75.5 cm³/mol. The number of carbonyl (C=O) groups is 1. The van der Waals surface area contributed by atoms with Crippen molar-refractivity contribution in [2.75, 3.05) is 6.54 Å². The zero-order valence-electron chi connectivity index (χ0n) is 10.8. The summed E-state index contributed by atoms with van der Waals surface area (Å²) in [7, 11) is 0. The fourth-order valence-electron chi connectivity index (χ4n) is 2.53. The molecule has 0 saturated heterocycles. The lowest BCUT2D eigenvalue weighted by molar-refractivity contribution is 0.0692. The molecule has 5 heteroatoms. The first-order valence-corrected chi connectivity index (χ1v) is 7.31. The van der Waals surface area contributed by atoms with E-state index in [1.54, 1.807) is 17.4 Å². The molecule has 2 aromatic rings. The van der Waals surface area contributed by atoms with Crippen molar-refractivity contribution in [1.29, 1.82) is 0 Å². The van der Waals surface area contributed by atoms with Crippen molar-refractivity contribution in [3.63, 3.8) is 0 Å². The van der Waals surface area contributed by atoms with Gasteiger partial charge < -0.3 is 5.11 Å². The van der Waals surface area contributed by atoms with Crippen molar-refractivity contribution in [3.05, 3.63) is 57.0 Å². The van der Waals surface area contributed by atoms with Crippen molar-refractivity contribution in [2.45, 2.75) is 19.5 Å². The molecule has 104 valence electrons. The van der Waals surface area contributed by atoms with E-state index in [0.717, 1.165) is 25.1 Å². The first kappa shape index (κ1) is 13.3. The van der Waals surface area contributed by atoms with E-state index >= 15 is 0 Å². The maximum absolute atomic E-state index is 13.6. The highest BCUT2D eigenvalue weighted by molar-refractivity contribution is 7.10. The lowest BCUT2D eigenvalue weighted by atomic mass is 10.1. The molecule has 1 aromatic heterocycles. The van der Waals surface area contributed by atoms with Crippen LogP contribution in [0, 0.1) is 5.82 Å². The van der Waals surface area contributed by atoms with Crippen molar-refractivity contribution in [2.24, 2.45) is 0 Å². The number of carboxylic acids is 1. The molecule has 0 aliphatic carbocycles. The Morgan fingerprint density at radius 2 is 2.25 bits per heavy atom. The summed E-state index contributed by atoms with van der Waals surface area (Å²) in [6.07, 6.45) is 1.03. The Morgan fingerprint density at radius 1 is 1.40 bits per heavy atom. The number of fused-ring (bicyclic) bond motifs is 1. The minimum atomic E-state index is -1.23. The van der Waals surface area contributed by atoms with Crippen LogP contribution in [0.5, 0.6) is 0 Å². The smallest absolute Gasteiger partial charge is 0.338 e. The average molecular weight is 291 g/mol. The summed E-state index contributed by atoms with van der Waals surface area (Å²) < 4.78 is 13.6. The lowest BCUT2D eigenvalue weighted by Gasteiger charge is -2.26. The number of carboxylic acid groups (broad SMARTS) is 1. The van der Waals surface area contributed by atoms with Gasteiger partial charge >= 0.3 is 5.97 Å². The normalized spacial score (nSPS) is 15.1. The van der Waals surface area contributed by atoms with Gasteiger partial charge in [-0.1, -0.05) is 6.07 Å². The first-order valence-electron chi connectivity index (χ1n) is 6.43. The summed E-state index contributed by atoms with van der Waals surface area (Å²) in [6.45, 7) is 2.48. The standard InChI is InChI=1S/C15H14FNO2S/c16-13-7-10(1-2-12(13)15(18)19)8-17-5-3-14-11(9-17)4-6-20-14/h1-2,4,6-7H,3,5,8-9H2,(H,18,19). The molecule has 0 radical (unpaired) electrons. The Balaban J connectivity index is 1.73. The highest BCUT2D eigenvalue weighted by Crippen LogP contribution is 2.25. The minimum absolute atomic E-state index is 0.271. The number of nitrogens with zero attached hydrogens (tertiary/aromatic N) is 1. The molecule has 2 heterocycles. The van der Waals surface area contributed by atoms with Gasteiger partial charge in [-0.25, -0.2) is 9.18 Å². The largest absolute Gasteiger partial charge is 0.478 e. The predicted octanol–water partition coefficient (Wildman–Crippen LogP) is 3.14. The molecular formula is C15H14FNO2S. The van der Waals surface area contributed by atoms with E-state index in [2.05, 4.69) is 16.3 Å². The average Bonchev–Trinajstić information content (AvgIpc) is 2.85. The molecule has 1 aliphatic rings. The van der Waals surface area contributed by atoms with Crippen LogP contribution in [0.2, 0.25) is 0 Å². The SMILES string of the molecule is O=C(O)c1ccc(CN2CCc3sccc3C2)cc1F. The second kappa shape index (κ2) is 5.34. The summed E-state index contributed by atoms with van der Waals surface area (Å²) in [5.41, 5.74) is 1.89. The van der Waals surface area contributed by atoms with Crippen LogP contribution in [0.25, 0.3) is 0 Å². The Morgan fingerprint density at radius 3 is 3.00 bits per heavy atom. The lowest BCUT2D eigenvalue weighted by Crippen LogP contribution is -2.29. The van der Waals surface area contributed by atoms with Gasteiger partial charge in [0.15, 0.2) is 0 Å². The van der Waals surface area contributed by atoms with Gasteiger partial charge in [-0.05, 0) is 41.1 Å². The van der Waals surface area contributed by atoms with Crippen LogP contribution >= 0.6 is 11.3 Å². The summed E-state index contributed by atoms with van der Waals surface area (Å²) in [5.74, 6) is -1.89. The van der Waals surface area contributed by atoms with Crippen LogP contribution in [0.4, 0.5) is 4.39 Å². The number of hydrogen-bond donors (Lipinski definition) is 1. The van der Waals surface area contributed by atoms with E-state index in [4.69, 9.17) is 5.11 Å². The molecule has 1 aliphatic heterocycles. The maximum atomic E-state index is 13.6. The van der Waals surface area contributed by atoms with Gasteiger partial charge in [-0.2, -0.15) is 0 Å². The van der Waals surface area contributed by atoms with E-state index in [0.29, 0.717) is 6.54 Å². The first-order chi connectivity index (χ1) is 9.63. The van der Waals surface area contributed by atoms with Gasteiger partial charge in [0.2, 0.25) is 0 Å². The third-order valence-corrected chi connectivity index (χ3v) is 4.58. The van der Waals surface area contributed by atoms with Crippen molar-refractivity contribution in [1.82, 2.24) is 4.90 Å². The molecule has 3 rings (SSSR count). The summed E-state index contributed by atoms with van der Waals surface area (Å²) >= 11 is 1.79. The van der Waals surface area contributed by atoms with E-state index < -0.39 is 11.8 Å². The van der Waals surface area contributed by atoms with Gasteiger partial charge in [0, 0.05) is 24.5 Å². The summed E-state index contributed by atoms with van der Waals surface area (Å²) in [5, 5.41) is 10.9. The molecule has 3 nitrogen and oxygen atoms in total. The second-order valence-electron chi connectivity index (χ2n) is 4.95. The molecule has 0 spiro atoms. The van der Waals surface area contributed by atoms with Crippen LogP contribution in [0.15, 0.2) is 29.6 Å². The molecular weight excluding hydrogens is 277 g/mol. The van der Waals surface area contributed by atoms with E-state index in [-0.39, 0.29) is 5.56 Å². The molecule has 0 saturated carbocycles. The molecule has 0 atom stereocenters. The quantitative estimate of drug-likeness (QED) is 0.944. The van der Waals surface area contributed by atoms with Crippen LogP contribution in [0.1, 0.15) is 26.4 Å². The monoisotopic (exact) mass is 291 g/mol. The molecule has 0 bridgehead atoms. The third kappa shape index (κ3) is 2.59. The Labute approximate surface area is 120 Å². The summed E-state index contributed by atoms with van der Waals surface area (Å²) in [6, 6.07) is 6.50. The maximum Gasteiger partial charge on any atom is 0.338 e. The fourth-order valence-corrected chi connectivity index (χ4v) is 3.42.